The second-order valence-corrected chi connectivity index (χ2v) is 7.07. The summed E-state index contributed by atoms with van der Waals surface area (Å²) in [7, 11) is 2.34. The first kappa shape index (κ1) is 9.57. The highest BCUT2D eigenvalue weighted by Gasteiger charge is 2.24. The van der Waals surface area contributed by atoms with Gasteiger partial charge in [-0.25, -0.2) is 4.79 Å². The number of anilines is 1. The molecule has 1 aromatic rings. The second-order valence-electron chi connectivity index (χ2n) is 6.69. The molecule has 156 valence electrons. The number of amides is 2. The van der Waals surface area contributed by atoms with Gasteiger partial charge < -0.3 is 15.1 Å². The van der Waals surface area contributed by atoms with Gasteiger partial charge in [-0.15, -0.1) is 0 Å². The molecule has 0 bridgehead atoms. The Morgan fingerprint density at radius 1 is 1.29 bits per heavy atom. The van der Waals surface area contributed by atoms with Gasteiger partial charge in [0.05, 0.1) is 12.1 Å². The quantitative estimate of drug-likeness (QED) is 0.782. The number of rotatable bonds is 5. The lowest BCUT2D eigenvalue weighted by Crippen LogP contribution is -2.47. The molecule has 0 unspecified atom stereocenters. The molecule has 28 heavy (non-hydrogen) atoms. The summed E-state index contributed by atoms with van der Waals surface area (Å²) < 4.78 is 121. The van der Waals surface area contributed by atoms with Crippen LogP contribution in [0.5, 0.6) is 0 Å². The lowest BCUT2D eigenvalue weighted by Gasteiger charge is -2.37. The van der Waals surface area contributed by atoms with Crippen molar-refractivity contribution in [1.82, 2.24) is 15.1 Å². The van der Waals surface area contributed by atoms with Crippen LogP contribution in [-0.4, -0.2) is 68.6 Å². The van der Waals surface area contributed by atoms with E-state index in [1.54, 1.807) is 17.4 Å². The molecular weight excluding hydrogens is 372 g/mol. The third-order valence-corrected chi connectivity index (χ3v) is 4.89. The van der Waals surface area contributed by atoms with E-state index in [1.165, 1.54) is 14.1 Å². The van der Waals surface area contributed by atoms with Gasteiger partial charge in [-0.05, 0) is 62.8 Å². The van der Waals surface area contributed by atoms with Gasteiger partial charge >= 0.3 is 6.03 Å². The third kappa shape index (κ3) is 5.54. The van der Waals surface area contributed by atoms with Crippen molar-refractivity contribution < 1.29 is 24.0 Å². The molecule has 1 saturated carbocycles. The Morgan fingerprint density at radius 2 is 1.96 bits per heavy atom. The van der Waals surface area contributed by atoms with Gasteiger partial charge in [0.1, 0.15) is 0 Å². The summed E-state index contributed by atoms with van der Waals surface area (Å²) in [6.07, 6.45) is -20.0. The summed E-state index contributed by atoms with van der Waals surface area (Å²) in [4.78, 5) is 16.0. The number of halogens is 1. The largest absolute Gasteiger partial charge is 0.368 e. The van der Waals surface area contributed by atoms with Crippen molar-refractivity contribution in [3.05, 3.63) is 28.8 Å². The number of urea groups is 1. The molecule has 6 heteroatoms. The van der Waals surface area contributed by atoms with E-state index in [0.717, 1.165) is 15.4 Å². The van der Waals surface area contributed by atoms with Gasteiger partial charge in [-0.3, -0.25) is 4.90 Å². The molecule has 1 N–H and O–H groups in total. The number of nitrogens with one attached hydrogen (secondary N) is 1. The minimum atomic E-state index is -4.13. The van der Waals surface area contributed by atoms with Crippen molar-refractivity contribution in [3.63, 3.8) is 0 Å². The average molecular weight is 421 g/mol. The lowest BCUT2D eigenvalue weighted by molar-refractivity contribution is 0.194. The van der Waals surface area contributed by atoms with Gasteiger partial charge in [0, 0.05) is 64.1 Å². The van der Waals surface area contributed by atoms with E-state index < -0.39 is 56.3 Å². The van der Waals surface area contributed by atoms with Gasteiger partial charge in [-0.2, -0.15) is 0 Å². The van der Waals surface area contributed by atoms with E-state index in [2.05, 4.69) is 0 Å². The zero-order chi connectivity index (χ0) is 32.7. The highest BCUT2D eigenvalue weighted by Crippen LogP contribution is 2.30. The molecule has 1 aliphatic carbocycles. The van der Waals surface area contributed by atoms with Crippen molar-refractivity contribution in [3.8, 4) is 0 Å². The molecule has 1 saturated heterocycles. The van der Waals surface area contributed by atoms with E-state index >= 15 is 0 Å². The molecule has 0 aromatic heterocycles. The van der Waals surface area contributed by atoms with E-state index in [1.807, 2.05) is 17.9 Å². The van der Waals surface area contributed by atoms with Crippen molar-refractivity contribution >= 4 is 23.3 Å². The smallest absolute Gasteiger partial charge is 0.317 e. The van der Waals surface area contributed by atoms with Gasteiger partial charge in [0.25, 0.3) is 0 Å². The van der Waals surface area contributed by atoms with Crippen LogP contribution in [0.4, 0.5) is 10.5 Å². The monoisotopic (exact) mass is 420 g/mol. The first-order valence-corrected chi connectivity index (χ1v) is 9.35. The first-order valence-electron chi connectivity index (χ1n) is 16.0. The van der Waals surface area contributed by atoms with Gasteiger partial charge in [0.2, 0.25) is 0 Å². The number of piperazine rings is 1. The van der Waals surface area contributed by atoms with E-state index in [4.69, 9.17) is 30.8 Å². The van der Waals surface area contributed by atoms with Crippen LogP contribution in [0.2, 0.25) is 5.02 Å². The standard InChI is InChI=1S/C22H35ClN4O/c1-17-5-4-6-20(21(17)23)27-15-13-26(14-16-27)12-11-18-7-9-19(10-8-18)24-22(28)25(2)3/h4-6,18-19H,7-16H2,1-3H3,(H,24,28)/i7D2,8D2,9D2,10D2,11D2,12D2,18D,19D. The normalized spacial score (nSPS) is 44.4. The molecule has 3 rings (SSSR count). The molecule has 0 spiro atoms. The summed E-state index contributed by atoms with van der Waals surface area (Å²) in [5.74, 6) is -4.13. The summed E-state index contributed by atoms with van der Waals surface area (Å²) in [5, 5.41) is 2.18. The number of hydrogen-bond acceptors (Lipinski definition) is 3. The average Bonchev–Trinajstić information content (AvgIpc) is 2.88. The minimum absolute atomic E-state index is 0.123. The number of nitrogens with zero attached hydrogens (tertiary/aromatic N) is 3. The van der Waals surface area contributed by atoms with Crippen LogP contribution in [0.15, 0.2) is 18.2 Å². The molecule has 2 amide bonds. The first-order chi connectivity index (χ1) is 18.7. The maximum Gasteiger partial charge on any atom is 0.317 e. The summed E-state index contributed by atoms with van der Waals surface area (Å²) in [6.45, 7) is -1.64. The van der Waals surface area contributed by atoms with Gasteiger partial charge in [-0.1, -0.05) is 23.7 Å². The van der Waals surface area contributed by atoms with Crippen LogP contribution in [0, 0.1) is 12.8 Å². The number of carbonyl (C=O) groups is 1. The van der Waals surface area contributed by atoms with Crippen LogP contribution in [0.25, 0.3) is 0 Å². The maximum atomic E-state index is 12.4. The van der Waals surface area contributed by atoms with Gasteiger partial charge in [0.15, 0.2) is 0 Å². The molecule has 2 aliphatic rings. The van der Waals surface area contributed by atoms with Crippen molar-refractivity contribution in [2.24, 2.45) is 5.89 Å². The van der Waals surface area contributed by atoms with Crippen molar-refractivity contribution in [1.29, 1.82) is 0 Å². The highest BCUT2D eigenvalue weighted by atomic mass is 35.5. The number of hydrogen-bond donors (Lipinski definition) is 1. The Labute approximate surface area is 194 Å². The zero-order valence-electron chi connectivity index (χ0n) is 30.2. The number of benzene rings is 1. The fourth-order valence-corrected chi connectivity index (χ4v) is 2.97. The van der Waals surface area contributed by atoms with E-state index in [-0.39, 0.29) is 26.2 Å². The third-order valence-electron chi connectivity index (χ3n) is 4.39. The molecule has 1 heterocycles. The SMILES string of the molecule is [2H]C([2H])(N1CCN(c2cccc(C)c2Cl)CC1)C([2H])([2H])C1([2H])C([2H])([2H])C([2H])([2H])C([2H])(NC(=O)N(C)C)C([2H])([2H])C1([2H])[2H]. The predicted molar refractivity (Wildman–Crippen MR) is 117 cm³/mol. The number of aryl methyl sites for hydroxylation is 1. The Hall–Kier alpha value is -1.46. The van der Waals surface area contributed by atoms with Crippen LogP contribution >= 0.6 is 11.6 Å². The molecule has 5 nitrogen and oxygen atoms in total. The molecule has 1 aromatic carbocycles. The van der Waals surface area contributed by atoms with Crippen LogP contribution in [0.3, 0.4) is 0 Å². The summed E-state index contributed by atoms with van der Waals surface area (Å²) in [6, 6.07) is 0.388. The topological polar surface area (TPSA) is 38.8 Å². The van der Waals surface area contributed by atoms with E-state index in [9.17, 15) is 4.79 Å². The Bertz CT molecular complexity index is 1190. The fraction of sp³-hybridized carbons (Fsp3) is 0.682. The molecule has 1 aliphatic heterocycles. The van der Waals surface area contributed by atoms with E-state index in [0.29, 0.717) is 10.7 Å². The molecule has 2 fully saturated rings. The molecule has 0 radical (unpaired) electrons. The summed E-state index contributed by atoms with van der Waals surface area (Å²) in [5.41, 5.74) is 1.46. The second kappa shape index (κ2) is 9.84. The Kier molecular flexibility index (Phi) is 3.36. The van der Waals surface area contributed by atoms with Crippen molar-refractivity contribution in [2.75, 3.05) is 51.7 Å². The molecular formula is C22H35ClN4O. The highest BCUT2D eigenvalue weighted by molar-refractivity contribution is 6.34. The zero-order valence-corrected chi connectivity index (χ0v) is 16.9. The predicted octanol–water partition coefficient (Wildman–Crippen LogP) is 3.99. The maximum absolute atomic E-state index is 12.4. The summed E-state index contributed by atoms with van der Waals surface area (Å²) >= 11 is 6.42. The number of carbonyl (C=O) groups excluding carboxylic acids is 1. The Balaban J connectivity index is 2.09. The van der Waals surface area contributed by atoms with Crippen molar-refractivity contribution in [2.45, 2.75) is 44.8 Å². The van der Waals surface area contributed by atoms with Crippen LogP contribution in [-0.2, 0) is 0 Å². The lowest BCUT2D eigenvalue weighted by atomic mass is 9.84. The Morgan fingerprint density at radius 3 is 2.61 bits per heavy atom. The molecule has 0 atom stereocenters. The minimum Gasteiger partial charge on any atom is -0.368 e. The van der Waals surface area contributed by atoms with Crippen LogP contribution in [0.1, 0.15) is 56.6 Å². The fourth-order valence-electron chi connectivity index (χ4n) is 2.73. The van der Waals surface area contributed by atoms with Crippen LogP contribution < -0.4 is 10.2 Å².